The van der Waals surface area contributed by atoms with Crippen molar-refractivity contribution in [1.82, 2.24) is 9.62 Å². The average Bonchev–Trinajstić information content (AvgIpc) is 2.89. The van der Waals surface area contributed by atoms with Gasteiger partial charge in [0.15, 0.2) is 0 Å². The topological polar surface area (TPSA) is 122 Å². The van der Waals surface area contributed by atoms with Crippen LogP contribution in [0.3, 0.4) is 0 Å². The van der Waals surface area contributed by atoms with Gasteiger partial charge < -0.3 is 16.0 Å². The molecule has 1 fully saturated rings. The van der Waals surface area contributed by atoms with Gasteiger partial charge in [-0.15, -0.1) is 0 Å². The molecule has 3 aromatic carbocycles. The summed E-state index contributed by atoms with van der Waals surface area (Å²) in [4.78, 5) is 27.2. The minimum atomic E-state index is -3.83. The zero-order chi connectivity index (χ0) is 26.4. The highest BCUT2D eigenvalue weighted by Crippen LogP contribution is 2.30. The monoisotopic (exact) mass is 522 g/mol. The Balaban J connectivity index is 1.48. The number of nitrogens with one attached hydrogen (secondary N) is 2. The number of carbonyl (C=O) groups excluding carboxylic acids is 2. The number of piperidine rings is 1. The van der Waals surface area contributed by atoms with Crippen LogP contribution in [0, 0.1) is 6.92 Å². The van der Waals surface area contributed by atoms with Gasteiger partial charge >= 0.3 is 0 Å². The number of unbranched alkanes of at least 4 members (excludes halogenated alkanes) is 1. The van der Waals surface area contributed by atoms with Crippen LogP contribution < -0.4 is 15.8 Å². The van der Waals surface area contributed by atoms with E-state index in [4.69, 9.17) is 5.73 Å². The number of carbonyl (C=O) groups is 2. The first-order valence-corrected chi connectivity index (χ1v) is 14.2. The van der Waals surface area contributed by atoms with Gasteiger partial charge in [0.05, 0.1) is 4.90 Å². The Bertz CT molecular complexity index is 1380. The van der Waals surface area contributed by atoms with Crippen LogP contribution in [0.5, 0.6) is 0 Å². The second-order valence-corrected chi connectivity index (χ2v) is 11.1. The largest absolute Gasteiger partial charge is 0.343 e. The zero-order valence-corrected chi connectivity index (χ0v) is 21.9. The molecule has 4 rings (SSSR count). The number of hydrogen-bond acceptors (Lipinski definition) is 5. The van der Waals surface area contributed by atoms with Crippen LogP contribution >= 0.6 is 0 Å². The minimum absolute atomic E-state index is 0.101. The number of nitrogens with zero attached hydrogens (tertiary/aromatic N) is 1. The van der Waals surface area contributed by atoms with E-state index in [0.29, 0.717) is 60.9 Å². The summed E-state index contributed by atoms with van der Waals surface area (Å²) in [7, 11) is -3.83. The molecule has 0 aliphatic carbocycles. The first kappa shape index (κ1) is 26.8. The molecular weight excluding hydrogens is 488 g/mol. The summed E-state index contributed by atoms with van der Waals surface area (Å²) in [6, 6.07) is 17.4. The van der Waals surface area contributed by atoms with Gasteiger partial charge in [0.2, 0.25) is 15.9 Å². The molecule has 1 aliphatic heterocycles. The van der Waals surface area contributed by atoms with Crippen molar-refractivity contribution in [2.45, 2.75) is 50.0 Å². The van der Waals surface area contributed by atoms with Crippen molar-refractivity contribution in [1.29, 1.82) is 0 Å². The maximum atomic E-state index is 13.4. The van der Waals surface area contributed by atoms with Crippen LogP contribution in [-0.4, -0.2) is 50.8 Å². The van der Waals surface area contributed by atoms with Crippen LogP contribution in [0.25, 0.3) is 10.8 Å². The van der Waals surface area contributed by atoms with E-state index in [1.807, 2.05) is 36.1 Å². The lowest BCUT2D eigenvalue weighted by Crippen LogP contribution is -2.46. The standard InChI is InChI=1S/C28H34N4O4S/c1-20-8-2-3-9-22(20)28(34)30-25-13-14-26(24-11-5-4-10-23(24)25)37(35,36)31-21-15-18-32(19-16-21)27(33)12-6-7-17-29/h2-5,8-11,13-14,21,31H,6-7,12,15-19,29H2,1H3,(H,30,34). The molecule has 1 aliphatic rings. The maximum Gasteiger partial charge on any atom is 0.255 e. The van der Waals surface area contributed by atoms with E-state index in [2.05, 4.69) is 10.0 Å². The van der Waals surface area contributed by atoms with Crippen LogP contribution in [0.15, 0.2) is 65.6 Å². The first-order valence-electron chi connectivity index (χ1n) is 12.7. The normalized spacial score (nSPS) is 14.6. The number of likely N-dealkylation sites (tertiary alicyclic amines) is 1. The van der Waals surface area contributed by atoms with E-state index >= 15 is 0 Å². The van der Waals surface area contributed by atoms with Crippen LogP contribution in [-0.2, 0) is 14.8 Å². The summed E-state index contributed by atoms with van der Waals surface area (Å²) in [6.07, 6.45) is 3.20. The van der Waals surface area contributed by atoms with Gasteiger partial charge in [-0.25, -0.2) is 13.1 Å². The molecule has 0 bridgehead atoms. The summed E-state index contributed by atoms with van der Waals surface area (Å²) in [5.41, 5.74) is 7.47. The summed E-state index contributed by atoms with van der Waals surface area (Å²) >= 11 is 0. The number of sulfonamides is 1. The van der Waals surface area contributed by atoms with Gasteiger partial charge in [0.1, 0.15) is 0 Å². The van der Waals surface area contributed by atoms with Crippen molar-refractivity contribution in [3.63, 3.8) is 0 Å². The highest BCUT2D eigenvalue weighted by Gasteiger charge is 2.28. The predicted octanol–water partition coefficient (Wildman–Crippen LogP) is 3.80. The zero-order valence-electron chi connectivity index (χ0n) is 21.1. The lowest BCUT2D eigenvalue weighted by Gasteiger charge is -2.32. The second kappa shape index (κ2) is 11.9. The molecule has 2 amide bonds. The van der Waals surface area contributed by atoms with Crippen molar-refractivity contribution in [3.8, 4) is 0 Å². The third-order valence-corrected chi connectivity index (χ3v) is 8.40. The number of anilines is 1. The minimum Gasteiger partial charge on any atom is -0.343 e. The van der Waals surface area contributed by atoms with Gasteiger partial charge in [0, 0.05) is 47.6 Å². The van der Waals surface area contributed by atoms with Gasteiger partial charge in [-0.1, -0.05) is 42.5 Å². The van der Waals surface area contributed by atoms with E-state index in [1.54, 1.807) is 30.3 Å². The SMILES string of the molecule is Cc1ccccc1C(=O)Nc1ccc(S(=O)(=O)NC2CCN(C(=O)CCCCN)CC2)c2ccccc12. The van der Waals surface area contributed by atoms with E-state index in [0.717, 1.165) is 18.4 Å². The fourth-order valence-corrected chi connectivity index (χ4v) is 6.26. The molecule has 196 valence electrons. The van der Waals surface area contributed by atoms with E-state index in [9.17, 15) is 18.0 Å². The Kier molecular flexibility index (Phi) is 8.58. The molecule has 37 heavy (non-hydrogen) atoms. The highest BCUT2D eigenvalue weighted by molar-refractivity contribution is 7.89. The lowest BCUT2D eigenvalue weighted by molar-refractivity contribution is -0.132. The molecule has 1 saturated heterocycles. The number of nitrogens with two attached hydrogens (primary N) is 1. The number of benzene rings is 3. The number of aryl methyl sites for hydroxylation is 1. The Morgan fingerprint density at radius 3 is 2.32 bits per heavy atom. The fraction of sp³-hybridized carbons (Fsp3) is 0.357. The Morgan fingerprint density at radius 1 is 0.946 bits per heavy atom. The highest BCUT2D eigenvalue weighted by atomic mass is 32.2. The Hall–Kier alpha value is -3.27. The molecular formula is C28H34N4O4S. The Labute approximate surface area is 218 Å². The smallest absolute Gasteiger partial charge is 0.255 e. The molecule has 3 aromatic rings. The van der Waals surface area contributed by atoms with Crippen molar-refractivity contribution in [2.24, 2.45) is 5.73 Å². The third kappa shape index (κ3) is 6.36. The summed E-state index contributed by atoms with van der Waals surface area (Å²) in [5, 5.41) is 4.11. The fourth-order valence-electron chi connectivity index (χ4n) is 4.74. The van der Waals surface area contributed by atoms with Gasteiger partial charge in [-0.2, -0.15) is 0 Å². The molecule has 0 aromatic heterocycles. The van der Waals surface area contributed by atoms with Gasteiger partial charge in [-0.05, 0) is 62.9 Å². The Morgan fingerprint density at radius 2 is 1.62 bits per heavy atom. The third-order valence-electron chi connectivity index (χ3n) is 6.83. The number of fused-ring (bicyclic) bond motifs is 1. The molecule has 8 nitrogen and oxygen atoms in total. The molecule has 4 N–H and O–H groups in total. The molecule has 9 heteroatoms. The molecule has 1 heterocycles. The maximum absolute atomic E-state index is 13.4. The van der Waals surface area contributed by atoms with Crippen molar-refractivity contribution in [3.05, 3.63) is 71.8 Å². The van der Waals surface area contributed by atoms with E-state index < -0.39 is 10.0 Å². The van der Waals surface area contributed by atoms with Gasteiger partial charge in [0.25, 0.3) is 5.91 Å². The average molecular weight is 523 g/mol. The molecule has 0 radical (unpaired) electrons. The van der Waals surface area contributed by atoms with Crippen LogP contribution in [0.1, 0.15) is 48.0 Å². The molecule has 0 atom stereocenters. The van der Waals surface area contributed by atoms with Crippen molar-refractivity contribution < 1.29 is 18.0 Å². The lowest BCUT2D eigenvalue weighted by atomic mass is 10.1. The molecule has 0 spiro atoms. The number of rotatable bonds is 9. The molecule has 0 unspecified atom stereocenters. The van der Waals surface area contributed by atoms with Crippen LogP contribution in [0.4, 0.5) is 5.69 Å². The predicted molar refractivity (Wildman–Crippen MR) is 146 cm³/mol. The first-order chi connectivity index (χ1) is 17.8. The van der Waals surface area contributed by atoms with Crippen molar-refractivity contribution in [2.75, 3.05) is 25.0 Å². The number of hydrogen-bond donors (Lipinski definition) is 3. The summed E-state index contributed by atoms with van der Waals surface area (Å²) < 4.78 is 29.7. The van der Waals surface area contributed by atoms with Crippen molar-refractivity contribution >= 4 is 38.3 Å². The van der Waals surface area contributed by atoms with Crippen LogP contribution in [0.2, 0.25) is 0 Å². The second-order valence-electron chi connectivity index (χ2n) is 9.45. The summed E-state index contributed by atoms with van der Waals surface area (Å²) in [5.74, 6) is -0.148. The number of amides is 2. The van der Waals surface area contributed by atoms with Gasteiger partial charge in [-0.3, -0.25) is 9.59 Å². The van der Waals surface area contributed by atoms with E-state index in [-0.39, 0.29) is 22.8 Å². The van der Waals surface area contributed by atoms with E-state index in [1.165, 1.54) is 6.07 Å². The summed E-state index contributed by atoms with van der Waals surface area (Å²) in [6.45, 7) is 3.50. The quantitative estimate of drug-likeness (QED) is 0.369. The molecule has 0 saturated carbocycles.